The lowest BCUT2D eigenvalue weighted by Crippen LogP contribution is -2.46. The third kappa shape index (κ3) is 5.21. The van der Waals surface area contributed by atoms with Crippen molar-refractivity contribution in [3.63, 3.8) is 0 Å². The molecule has 5 nitrogen and oxygen atoms in total. The van der Waals surface area contributed by atoms with Crippen molar-refractivity contribution in [2.75, 3.05) is 13.2 Å². The molecule has 0 N–H and O–H groups in total. The zero-order chi connectivity index (χ0) is 20.6. The van der Waals surface area contributed by atoms with Crippen LogP contribution >= 0.6 is 0 Å². The number of esters is 2. The van der Waals surface area contributed by atoms with Crippen molar-refractivity contribution in [3.05, 3.63) is 35.9 Å². The molecule has 1 aromatic carbocycles. The number of carbonyl (C=O) groups excluding carboxylic acids is 3. The van der Waals surface area contributed by atoms with Gasteiger partial charge in [-0.25, -0.2) is 0 Å². The number of ketones is 1. The Morgan fingerprint density at radius 1 is 0.964 bits per heavy atom. The van der Waals surface area contributed by atoms with Crippen LogP contribution in [-0.2, 0) is 29.3 Å². The van der Waals surface area contributed by atoms with Gasteiger partial charge in [-0.05, 0) is 38.7 Å². The minimum absolute atomic E-state index is 0.104. The fourth-order valence-electron chi connectivity index (χ4n) is 4.22. The summed E-state index contributed by atoms with van der Waals surface area (Å²) >= 11 is 0. The summed E-state index contributed by atoms with van der Waals surface area (Å²) in [4.78, 5) is 38.7. The SMILES string of the molecule is CCOC(=O)C(C(=O)OCC)C(=O)C(C)(CC1CCCCC1)c1ccccc1. The summed E-state index contributed by atoms with van der Waals surface area (Å²) in [6.45, 7) is 5.37. The van der Waals surface area contributed by atoms with Crippen LogP contribution in [0, 0.1) is 11.8 Å². The van der Waals surface area contributed by atoms with Crippen LogP contribution in [0.25, 0.3) is 0 Å². The molecular formula is C23H32O5. The minimum atomic E-state index is -1.55. The van der Waals surface area contributed by atoms with E-state index in [1.54, 1.807) is 13.8 Å². The molecule has 28 heavy (non-hydrogen) atoms. The fourth-order valence-corrected chi connectivity index (χ4v) is 4.22. The second kappa shape index (κ2) is 10.4. The van der Waals surface area contributed by atoms with Crippen LogP contribution in [0.2, 0.25) is 0 Å². The summed E-state index contributed by atoms with van der Waals surface area (Å²) < 4.78 is 10.1. The highest BCUT2D eigenvalue weighted by Crippen LogP contribution is 2.39. The zero-order valence-electron chi connectivity index (χ0n) is 17.2. The Bertz CT molecular complexity index is 645. The Labute approximate surface area is 167 Å². The second-order valence-corrected chi connectivity index (χ2v) is 7.71. The van der Waals surface area contributed by atoms with E-state index in [-0.39, 0.29) is 13.2 Å². The highest BCUT2D eigenvalue weighted by Gasteiger charge is 2.48. The van der Waals surface area contributed by atoms with E-state index in [0.717, 1.165) is 31.2 Å². The number of ether oxygens (including phenoxy) is 2. The lowest BCUT2D eigenvalue weighted by atomic mass is 9.67. The lowest BCUT2D eigenvalue weighted by Gasteiger charge is -2.35. The quantitative estimate of drug-likeness (QED) is 0.468. The van der Waals surface area contributed by atoms with Crippen molar-refractivity contribution in [2.24, 2.45) is 11.8 Å². The second-order valence-electron chi connectivity index (χ2n) is 7.71. The van der Waals surface area contributed by atoms with Crippen molar-refractivity contribution >= 4 is 17.7 Å². The van der Waals surface area contributed by atoms with Gasteiger partial charge in [0.15, 0.2) is 5.78 Å². The molecule has 1 saturated carbocycles. The van der Waals surface area contributed by atoms with Gasteiger partial charge in [-0.2, -0.15) is 0 Å². The summed E-state index contributed by atoms with van der Waals surface area (Å²) in [6.07, 6.45) is 6.29. The molecule has 0 spiro atoms. The van der Waals surface area contributed by atoms with E-state index in [2.05, 4.69) is 0 Å². The van der Waals surface area contributed by atoms with E-state index >= 15 is 0 Å². The molecule has 1 unspecified atom stereocenters. The summed E-state index contributed by atoms with van der Waals surface area (Å²) in [5, 5.41) is 0. The largest absolute Gasteiger partial charge is 0.465 e. The predicted molar refractivity (Wildman–Crippen MR) is 107 cm³/mol. The van der Waals surface area contributed by atoms with Crippen LogP contribution in [0.3, 0.4) is 0 Å². The molecule has 154 valence electrons. The van der Waals surface area contributed by atoms with E-state index in [9.17, 15) is 14.4 Å². The van der Waals surface area contributed by atoms with E-state index in [4.69, 9.17) is 9.47 Å². The number of hydrogen-bond acceptors (Lipinski definition) is 5. The zero-order valence-corrected chi connectivity index (χ0v) is 17.2. The molecule has 1 fully saturated rings. The standard InChI is InChI=1S/C23H32O5/c1-4-27-21(25)19(22(26)28-5-2)20(24)23(3,18-14-10-7-11-15-18)16-17-12-8-6-9-13-17/h7,10-11,14-15,17,19H,4-6,8-9,12-13,16H2,1-3H3. The minimum Gasteiger partial charge on any atom is -0.465 e. The van der Waals surface area contributed by atoms with Gasteiger partial charge < -0.3 is 9.47 Å². The Hall–Kier alpha value is -2.17. The Kier molecular flexibility index (Phi) is 8.21. The molecule has 1 aliphatic rings. The maximum atomic E-state index is 13.7. The molecule has 0 amide bonds. The van der Waals surface area contributed by atoms with Crippen molar-refractivity contribution in [3.8, 4) is 0 Å². The Morgan fingerprint density at radius 3 is 2.00 bits per heavy atom. The number of rotatable bonds is 9. The third-order valence-electron chi connectivity index (χ3n) is 5.68. The summed E-state index contributed by atoms with van der Waals surface area (Å²) in [5.41, 5.74) is -0.128. The Morgan fingerprint density at radius 2 is 1.50 bits per heavy atom. The first-order valence-electron chi connectivity index (χ1n) is 10.4. The van der Waals surface area contributed by atoms with Crippen LogP contribution < -0.4 is 0 Å². The molecule has 5 heteroatoms. The lowest BCUT2D eigenvalue weighted by molar-refractivity contribution is -0.165. The maximum absolute atomic E-state index is 13.7. The van der Waals surface area contributed by atoms with Gasteiger partial charge in [0.05, 0.1) is 18.6 Å². The molecule has 0 radical (unpaired) electrons. The van der Waals surface area contributed by atoms with Crippen molar-refractivity contribution < 1.29 is 23.9 Å². The number of benzene rings is 1. The first kappa shape index (κ1) is 22.1. The predicted octanol–water partition coefficient (Wildman–Crippen LogP) is 4.23. The number of hydrogen-bond donors (Lipinski definition) is 0. The van der Waals surface area contributed by atoms with Crippen LogP contribution in [0.4, 0.5) is 0 Å². The van der Waals surface area contributed by atoms with Gasteiger partial charge in [-0.3, -0.25) is 14.4 Å². The molecule has 1 atom stereocenters. The molecule has 1 aliphatic carbocycles. The van der Waals surface area contributed by atoms with Gasteiger partial charge in [0.25, 0.3) is 0 Å². The first-order valence-corrected chi connectivity index (χ1v) is 10.4. The van der Waals surface area contributed by atoms with E-state index in [1.165, 1.54) is 6.42 Å². The van der Waals surface area contributed by atoms with Crippen molar-refractivity contribution in [1.82, 2.24) is 0 Å². The molecule has 0 saturated heterocycles. The van der Waals surface area contributed by atoms with Gasteiger partial charge in [0, 0.05) is 0 Å². The molecule has 0 aliphatic heterocycles. The molecule has 1 aromatic rings. The van der Waals surface area contributed by atoms with Gasteiger partial charge in [0.1, 0.15) is 0 Å². The van der Waals surface area contributed by atoms with Gasteiger partial charge >= 0.3 is 11.9 Å². The van der Waals surface area contributed by atoms with Gasteiger partial charge in [0.2, 0.25) is 5.92 Å². The number of Topliss-reactive ketones (excluding diaryl/α,β-unsaturated/α-hetero) is 1. The smallest absolute Gasteiger partial charge is 0.328 e. The van der Waals surface area contributed by atoms with Gasteiger partial charge in [-0.15, -0.1) is 0 Å². The highest BCUT2D eigenvalue weighted by molar-refractivity contribution is 6.18. The third-order valence-corrected chi connectivity index (χ3v) is 5.68. The summed E-state index contributed by atoms with van der Waals surface area (Å²) in [7, 11) is 0. The fraction of sp³-hybridized carbons (Fsp3) is 0.609. The average Bonchev–Trinajstić information content (AvgIpc) is 2.70. The Balaban J connectivity index is 2.41. The van der Waals surface area contributed by atoms with Crippen LogP contribution in [0.15, 0.2) is 30.3 Å². The monoisotopic (exact) mass is 388 g/mol. The normalized spacial score (nSPS) is 17.0. The van der Waals surface area contributed by atoms with Crippen LogP contribution in [0.5, 0.6) is 0 Å². The highest BCUT2D eigenvalue weighted by atomic mass is 16.6. The summed E-state index contributed by atoms with van der Waals surface area (Å²) in [5.74, 6) is -3.23. The van der Waals surface area contributed by atoms with E-state index < -0.39 is 29.1 Å². The molecular weight excluding hydrogens is 356 g/mol. The average molecular weight is 389 g/mol. The topological polar surface area (TPSA) is 69.7 Å². The van der Waals surface area contributed by atoms with E-state index in [0.29, 0.717) is 12.3 Å². The van der Waals surface area contributed by atoms with Gasteiger partial charge in [-0.1, -0.05) is 62.4 Å². The summed E-state index contributed by atoms with van der Waals surface area (Å²) in [6, 6.07) is 9.45. The van der Waals surface area contributed by atoms with Crippen molar-refractivity contribution in [2.45, 2.75) is 64.7 Å². The first-order chi connectivity index (χ1) is 13.4. The molecule has 2 rings (SSSR count). The van der Waals surface area contributed by atoms with Crippen LogP contribution in [0.1, 0.15) is 64.9 Å². The maximum Gasteiger partial charge on any atom is 0.328 e. The molecule has 0 heterocycles. The molecule has 0 aromatic heterocycles. The molecule has 0 bridgehead atoms. The van der Waals surface area contributed by atoms with E-state index in [1.807, 2.05) is 37.3 Å². The van der Waals surface area contributed by atoms with Crippen molar-refractivity contribution in [1.29, 1.82) is 0 Å². The van der Waals surface area contributed by atoms with Crippen LogP contribution in [-0.4, -0.2) is 30.9 Å². The number of carbonyl (C=O) groups is 3.